The van der Waals surface area contributed by atoms with Crippen LogP contribution in [0.3, 0.4) is 0 Å². The van der Waals surface area contributed by atoms with Crippen LogP contribution < -0.4 is 37.9 Å². The molecule has 16 nitrogen and oxygen atoms in total. The maximum atomic E-state index is 15.2. The van der Waals surface area contributed by atoms with Crippen LogP contribution in [-0.4, -0.2) is 105 Å². The number of carbonyl (C=O) groups is 4. The van der Waals surface area contributed by atoms with Gasteiger partial charge in [-0.15, -0.1) is 0 Å². The van der Waals surface area contributed by atoms with Crippen LogP contribution in [0.2, 0.25) is 0 Å². The molecular weight excluding hydrogens is 1790 g/mol. The van der Waals surface area contributed by atoms with E-state index < -0.39 is 43.3 Å². The van der Waals surface area contributed by atoms with Gasteiger partial charge in [0.25, 0.3) is 0 Å². The minimum atomic E-state index is -0.641. The lowest BCUT2D eigenvalue weighted by atomic mass is 9.42. The van der Waals surface area contributed by atoms with Gasteiger partial charge >= 0.3 is 23.9 Å². The van der Waals surface area contributed by atoms with E-state index in [2.05, 4.69) is 180 Å². The molecule has 8 aromatic rings. The number of hydrogen-bond donors (Lipinski definition) is 0. The Hall–Kier alpha value is -9.96. The highest BCUT2D eigenvalue weighted by Crippen LogP contribution is 2.72. The molecule has 0 aromatic heterocycles. The van der Waals surface area contributed by atoms with E-state index in [0.29, 0.717) is 124 Å². The molecular formula is C128H152O16. The summed E-state index contributed by atoms with van der Waals surface area (Å²) in [4.78, 5) is 60.6. The first-order valence-corrected chi connectivity index (χ1v) is 55.4. The molecule has 8 aromatic carbocycles. The number of carbonyl (C=O) groups excluding carboxylic acids is 4. The summed E-state index contributed by atoms with van der Waals surface area (Å²) in [5.41, 5.74) is 20.8. The zero-order valence-corrected chi connectivity index (χ0v) is 88.7. The summed E-state index contributed by atoms with van der Waals surface area (Å²) in [6.07, 6.45) is 24.7. The van der Waals surface area contributed by atoms with Gasteiger partial charge in [-0.3, -0.25) is 19.2 Å². The first kappa shape index (κ1) is 95.0. The highest BCUT2D eigenvalue weighted by molar-refractivity contribution is 5.81. The molecule has 8 atom stereocenters. The summed E-state index contributed by atoms with van der Waals surface area (Å²) in [5.74, 6) is 8.69. The van der Waals surface area contributed by atoms with Crippen LogP contribution in [-0.2, 0) is 133 Å². The highest BCUT2D eigenvalue weighted by Gasteiger charge is 2.67. The van der Waals surface area contributed by atoms with Crippen LogP contribution in [0.1, 0.15) is 371 Å². The van der Waals surface area contributed by atoms with E-state index in [-0.39, 0.29) is 98.4 Å². The van der Waals surface area contributed by atoms with Crippen molar-refractivity contribution in [3.63, 3.8) is 0 Å². The third-order valence-corrected chi connectivity index (χ3v) is 39.9. The highest BCUT2D eigenvalue weighted by atomic mass is 16.6. The van der Waals surface area contributed by atoms with Crippen molar-refractivity contribution in [1.82, 2.24) is 0 Å². The van der Waals surface area contributed by atoms with Gasteiger partial charge in [0.05, 0.1) is 50.1 Å². The summed E-state index contributed by atoms with van der Waals surface area (Å²) in [6.45, 7) is 29.4. The maximum absolute atomic E-state index is 15.2. The lowest BCUT2D eigenvalue weighted by molar-refractivity contribution is -0.171. The van der Waals surface area contributed by atoms with E-state index in [1.54, 1.807) is 28.4 Å². The molecule has 8 unspecified atom stereocenters. The van der Waals surface area contributed by atoms with Crippen molar-refractivity contribution in [3.05, 3.63) is 231 Å². The van der Waals surface area contributed by atoms with Crippen LogP contribution in [0, 0.1) is 69.0 Å². The predicted octanol–water partition coefficient (Wildman–Crippen LogP) is 25.0. The molecule has 0 amide bonds. The second-order valence-electron chi connectivity index (χ2n) is 54.2. The second kappa shape index (κ2) is 33.8. The quantitative estimate of drug-likeness (QED) is 0.103. The van der Waals surface area contributed by atoms with E-state index in [0.717, 1.165) is 263 Å². The van der Waals surface area contributed by atoms with Crippen molar-refractivity contribution in [2.75, 3.05) is 81.3 Å². The third kappa shape index (κ3) is 15.9. The smallest absolute Gasteiger partial charge is 0.311 e. The molecule has 16 saturated carbocycles. The van der Waals surface area contributed by atoms with Crippen LogP contribution in [0.5, 0.6) is 46.0 Å². The molecule has 4 aliphatic heterocycles. The molecule has 144 heavy (non-hydrogen) atoms. The fourth-order valence-electron chi connectivity index (χ4n) is 35.6. The van der Waals surface area contributed by atoms with E-state index in [4.69, 9.17) is 56.8 Å². The van der Waals surface area contributed by atoms with Crippen molar-refractivity contribution in [2.24, 2.45) is 69.0 Å². The Morgan fingerprint density at radius 1 is 0.215 bits per heavy atom. The van der Waals surface area contributed by atoms with Gasteiger partial charge in [0.15, 0.2) is 0 Å². The zero-order chi connectivity index (χ0) is 99.5. The minimum absolute atomic E-state index is 0.0838. The molecule has 16 fully saturated rings. The Kier molecular flexibility index (Phi) is 22.3. The zero-order valence-electron chi connectivity index (χ0n) is 88.7. The van der Waals surface area contributed by atoms with Crippen LogP contribution >= 0.6 is 0 Å². The van der Waals surface area contributed by atoms with Crippen molar-refractivity contribution in [2.45, 2.75) is 332 Å². The standard InChI is InChI=1S/C128H152O16/c1-117(2,3)97-37-81-29-83-39-98(118(4,5)6)41-85-31-87-43-100(120(10,11)12)44-88-32-86-42-99(119(7,8)9)40-84-30-82(38-97)105(81)137-17-21-141-109-89-33-91-47-102(122-55-75-26-76(56-122)64-126(63-75,70-122)114(130)134-14)49-93(110(91)142-22-18-138-106(83)85)35-95-51-104(124-59-79-28-80(60-124)68-128(67-79,72-124)116(132)136-16)52-96(112(95)144-24-20-140-108(87)88)36-94-50-103(123-57-77-27-78(58-123)66-127(65-77,71-123)115(131)135-15)48-92(111(94)143-23-19-139-107(84)86)34-90(109)46-101(45-89)121-53-73-25-74(54-121)62-125(61-73,69-121)113(129)133-13/h37-52,73-80H,17-36,53-72H2,1-16H3. The number of esters is 4. The molecule has 16 heteroatoms. The van der Waals surface area contributed by atoms with Gasteiger partial charge in [-0.2, -0.15) is 0 Å². The van der Waals surface area contributed by atoms with Crippen molar-refractivity contribution < 1.29 is 76.0 Å². The summed E-state index contributed by atoms with van der Waals surface area (Å²) >= 11 is 0. The average Bonchev–Trinajstić information content (AvgIpc) is 0.707. The second-order valence-corrected chi connectivity index (χ2v) is 54.2. The van der Waals surface area contributed by atoms with Gasteiger partial charge in [0.1, 0.15) is 98.9 Å². The van der Waals surface area contributed by atoms with Gasteiger partial charge in [0.2, 0.25) is 0 Å². The number of rotatable bonds is 8. The van der Waals surface area contributed by atoms with Gasteiger partial charge in [0, 0.05) is 51.4 Å². The first-order chi connectivity index (χ1) is 68.7. The molecule has 0 spiro atoms. The molecule has 18 aliphatic carbocycles. The lowest BCUT2D eigenvalue weighted by Gasteiger charge is -2.61. The van der Waals surface area contributed by atoms with Crippen LogP contribution in [0.25, 0.3) is 0 Å². The molecule has 22 aliphatic rings. The topological polar surface area (TPSA) is 179 Å². The van der Waals surface area contributed by atoms with Gasteiger partial charge in [-0.1, -0.05) is 180 Å². The molecule has 4 heterocycles. The summed E-state index contributed by atoms with van der Waals surface area (Å²) < 4.78 is 89.2. The Labute approximate surface area is 853 Å². The molecule has 0 saturated heterocycles. The molecule has 0 N–H and O–H groups in total. The van der Waals surface area contributed by atoms with Gasteiger partial charge < -0.3 is 56.8 Å². The van der Waals surface area contributed by atoms with E-state index in [1.165, 1.54) is 44.5 Å². The maximum Gasteiger partial charge on any atom is 0.311 e. The Morgan fingerprint density at radius 3 is 0.472 bits per heavy atom. The van der Waals surface area contributed by atoms with E-state index >= 15 is 19.2 Å². The fraction of sp³-hybridized carbons (Fsp3) is 0.594. The normalized spacial score (nSPS) is 31.6. The summed E-state index contributed by atoms with van der Waals surface area (Å²) in [7, 11) is 6.42. The number of ether oxygens (including phenoxy) is 12. The number of methoxy groups -OCH3 is 4. The SMILES string of the molecule is COC(=O)C12CC3CC(C1)CC(c1cc4c5c(c1)Cc1cc(C67CC8CC(CC(C(=O)OC)(C8)C6)C7)cc6c1OCCOc1c7cc(C(C)(C)C)cc1Cc1cc(C(C)(C)C)cc8c1OCCOc1c(cc(C9%10CC%11CC(CC(C(=O)OC)(C%11)C9)C%10)cc1C6)Cc1cc(C69CC%10CC(CC(C(=O)OC)(C%10)C6)C9)cc(c1OCCOc1c(cc(C(C)(C)C)cc1C8)Cc1cc(C(C)(C)C)cc(c1OCCO5)C7)C4)(C3)C2. The van der Waals surface area contributed by atoms with Crippen molar-refractivity contribution in [1.29, 1.82) is 0 Å². The fourth-order valence-corrected chi connectivity index (χ4v) is 35.6. The number of benzene rings is 8. The van der Waals surface area contributed by atoms with Crippen LogP contribution in [0.4, 0.5) is 0 Å². The Balaban J connectivity index is 0.821. The molecule has 0 radical (unpaired) electrons. The molecule has 30 rings (SSSR count). The van der Waals surface area contributed by atoms with E-state index in [1.807, 2.05) is 0 Å². The summed E-state index contributed by atoms with van der Waals surface area (Å²) in [5, 5.41) is 0. The average molecular weight is 1950 g/mol. The first-order valence-electron chi connectivity index (χ1n) is 55.4. The van der Waals surface area contributed by atoms with Crippen molar-refractivity contribution in [3.8, 4) is 46.0 Å². The minimum Gasteiger partial charge on any atom is -0.489 e. The Morgan fingerprint density at radius 2 is 0.347 bits per heavy atom. The van der Waals surface area contributed by atoms with Crippen molar-refractivity contribution >= 4 is 23.9 Å². The van der Waals surface area contributed by atoms with Gasteiger partial charge in [-0.05, 0) is 378 Å². The summed E-state index contributed by atoms with van der Waals surface area (Å²) in [6, 6.07) is 39.8. The monoisotopic (exact) mass is 1950 g/mol. The molecule has 760 valence electrons. The largest absolute Gasteiger partial charge is 0.489 e. The number of fused-ring (bicyclic) bond motifs is 12. The lowest BCUT2D eigenvalue weighted by Crippen LogP contribution is -2.57. The van der Waals surface area contributed by atoms with Gasteiger partial charge in [-0.25, -0.2) is 0 Å². The Bertz CT molecular complexity index is 5610. The van der Waals surface area contributed by atoms with Crippen LogP contribution in [0.15, 0.2) is 97.1 Å². The third-order valence-electron chi connectivity index (χ3n) is 39.9. The molecule has 40 bridgehead atoms. The number of hydrogen-bond acceptors (Lipinski definition) is 16. The van der Waals surface area contributed by atoms with E-state index in [9.17, 15) is 0 Å². The predicted molar refractivity (Wildman–Crippen MR) is 556 cm³/mol.